The molecule has 2 aromatic carbocycles. The molecule has 0 aromatic heterocycles. The number of rotatable bonds is 7. The van der Waals surface area contributed by atoms with Gasteiger partial charge in [0.05, 0.1) is 10.9 Å². The third-order valence-corrected chi connectivity index (χ3v) is 6.90. The molecule has 2 amide bonds. The summed E-state index contributed by atoms with van der Waals surface area (Å²) in [6, 6.07) is 13.0. The molecular formula is C23H30N4O4S. The summed E-state index contributed by atoms with van der Waals surface area (Å²) in [5.41, 5.74) is 6.81. The molecule has 3 rings (SSSR count). The first-order chi connectivity index (χ1) is 14.9. The molecule has 1 fully saturated rings. The Hall–Kier alpha value is -2.75. The van der Waals surface area contributed by atoms with Gasteiger partial charge < -0.3 is 11.1 Å². The molecule has 2 aromatic rings. The van der Waals surface area contributed by atoms with Crippen LogP contribution in [0.2, 0.25) is 0 Å². The van der Waals surface area contributed by atoms with Gasteiger partial charge >= 0.3 is 0 Å². The summed E-state index contributed by atoms with van der Waals surface area (Å²) in [5, 5.41) is 2.84. The molecule has 0 aliphatic carbocycles. The Bertz CT molecular complexity index is 1090. The Morgan fingerprint density at radius 2 is 1.81 bits per heavy atom. The van der Waals surface area contributed by atoms with Crippen LogP contribution in [0, 0.1) is 0 Å². The Morgan fingerprint density at radius 3 is 2.44 bits per heavy atom. The lowest BCUT2D eigenvalue weighted by Crippen LogP contribution is -2.40. The molecular weight excluding hydrogens is 428 g/mol. The van der Waals surface area contributed by atoms with E-state index in [9.17, 15) is 18.0 Å². The van der Waals surface area contributed by atoms with Gasteiger partial charge in [0.15, 0.2) is 0 Å². The summed E-state index contributed by atoms with van der Waals surface area (Å²) >= 11 is 0. The van der Waals surface area contributed by atoms with Crippen LogP contribution in [0.1, 0.15) is 49.5 Å². The number of likely N-dealkylation sites (tertiary alicyclic amines) is 1. The van der Waals surface area contributed by atoms with E-state index in [1.165, 1.54) is 24.3 Å². The van der Waals surface area contributed by atoms with Crippen LogP contribution in [0.15, 0.2) is 53.4 Å². The summed E-state index contributed by atoms with van der Waals surface area (Å²) in [6.45, 7) is 6.67. The Balaban J connectivity index is 1.67. The third-order valence-electron chi connectivity index (χ3n) is 5.13. The molecule has 1 atom stereocenters. The number of primary amides is 1. The van der Waals surface area contributed by atoms with E-state index in [0.717, 1.165) is 24.9 Å². The van der Waals surface area contributed by atoms with Crippen molar-refractivity contribution in [2.75, 3.05) is 11.9 Å². The van der Waals surface area contributed by atoms with Crippen LogP contribution in [0.25, 0.3) is 0 Å². The zero-order chi connectivity index (χ0) is 23.5. The molecule has 172 valence electrons. The zero-order valence-corrected chi connectivity index (χ0v) is 19.4. The molecule has 1 aliphatic heterocycles. The first-order valence-electron chi connectivity index (χ1n) is 10.5. The van der Waals surface area contributed by atoms with Gasteiger partial charge in [0.1, 0.15) is 0 Å². The number of anilines is 1. The number of nitrogens with two attached hydrogens (primary N) is 1. The molecule has 4 N–H and O–H groups in total. The molecule has 8 nitrogen and oxygen atoms in total. The fourth-order valence-corrected chi connectivity index (χ4v) is 5.19. The Labute approximate surface area is 189 Å². The highest BCUT2D eigenvalue weighted by Gasteiger charge is 2.28. The Morgan fingerprint density at radius 1 is 1.12 bits per heavy atom. The lowest BCUT2D eigenvalue weighted by Gasteiger charge is -2.22. The van der Waals surface area contributed by atoms with Crippen molar-refractivity contribution in [1.82, 2.24) is 9.62 Å². The summed E-state index contributed by atoms with van der Waals surface area (Å²) < 4.78 is 27.4. The van der Waals surface area contributed by atoms with Gasteiger partial charge in [-0.1, -0.05) is 12.1 Å². The highest BCUT2D eigenvalue weighted by molar-refractivity contribution is 7.89. The maximum atomic E-state index is 12.7. The van der Waals surface area contributed by atoms with E-state index in [2.05, 4.69) is 10.0 Å². The number of nitrogens with one attached hydrogen (secondary N) is 2. The van der Waals surface area contributed by atoms with Crippen molar-refractivity contribution in [3.05, 3.63) is 59.7 Å². The van der Waals surface area contributed by atoms with Crippen LogP contribution in [0.5, 0.6) is 0 Å². The molecule has 1 saturated heterocycles. The fraction of sp³-hybridized carbons (Fsp3) is 0.391. The predicted molar refractivity (Wildman–Crippen MR) is 124 cm³/mol. The SMILES string of the molecule is CC(C)(C)NS(=O)(=O)c1ccc(C(=O)Nc2cccc(CN3CCCC3C(N)=O)c2)cc1. The van der Waals surface area contributed by atoms with Gasteiger partial charge in [-0.25, -0.2) is 13.1 Å². The molecule has 0 saturated carbocycles. The van der Waals surface area contributed by atoms with E-state index in [1.54, 1.807) is 26.8 Å². The van der Waals surface area contributed by atoms with Crippen molar-refractivity contribution in [3.8, 4) is 0 Å². The van der Waals surface area contributed by atoms with Crippen molar-refractivity contribution in [1.29, 1.82) is 0 Å². The minimum atomic E-state index is -3.67. The van der Waals surface area contributed by atoms with Crippen molar-refractivity contribution in [3.63, 3.8) is 0 Å². The van der Waals surface area contributed by atoms with Crippen LogP contribution in [-0.4, -0.2) is 43.3 Å². The first-order valence-corrected chi connectivity index (χ1v) is 12.0. The minimum absolute atomic E-state index is 0.0978. The molecule has 1 aliphatic rings. The topological polar surface area (TPSA) is 122 Å². The van der Waals surface area contributed by atoms with Gasteiger partial charge in [0.25, 0.3) is 5.91 Å². The maximum absolute atomic E-state index is 12.7. The number of carbonyl (C=O) groups is 2. The van der Waals surface area contributed by atoms with Crippen molar-refractivity contribution >= 4 is 27.5 Å². The quantitative estimate of drug-likeness (QED) is 0.588. The van der Waals surface area contributed by atoms with E-state index in [1.807, 2.05) is 23.1 Å². The standard InChI is InChI=1S/C23H30N4O4S/c1-23(2,3)26-32(30,31)19-11-9-17(10-12-19)22(29)25-18-7-4-6-16(14-18)15-27-13-5-8-20(27)21(24)28/h4,6-7,9-12,14,20,26H,5,8,13,15H2,1-3H3,(H2,24,28)(H,25,29). The van der Waals surface area contributed by atoms with Crippen LogP contribution in [0.3, 0.4) is 0 Å². The molecule has 0 radical (unpaired) electrons. The van der Waals surface area contributed by atoms with Gasteiger partial charge in [-0.2, -0.15) is 0 Å². The van der Waals surface area contributed by atoms with Crippen LogP contribution >= 0.6 is 0 Å². The van der Waals surface area contributed by atoms with Crippen molar-refractivity contribution in [2.45, 2.75) is 56.6 Å². The van der Waals surface area contributed by atoms with E-state index in [-0.39, 0.29) is 22.8 Å². The molecule has 1 heterocycles. The third kappa shape index (κ3) is 6.15. The maximum Gasteiger partial charge on any atom is 0.255 e. The number of benzene rings is 2. The number of hydrogen-bond acceptors (Lipinski definition) is 5. The lowest BCUT2D eigenvalue weighted by molar-refractivity contribution is -0.122. The van der Waals surface area contributed by atoms with Crippen LogP contribution in [0.4, 0.5) is 5.69 Å². The number of carbonyl (C=O) groups excluding carboxylic acids is 2. The lowest BCUT2D eigenvalue weighted by atomic mass is 10.1. The van der Waals surface area contributed by atoms with Crippen molar-refractivity contribution < 1.29 is 18.0 Å². The minimum Gasteiger partial charge on any atom is -0.368 e. The smallest absolute Gasteiger partial charge is 0.255 e. The summed E-state index contributed by atoms with van der Waals surface area (Å²) in [5.74, 6) is -0.652. The molecule has 9 heteroatoms. The van der Waals surface area contributed by atoms with E-state index >= 15 is 0 Å². The van der Waals surface area contributed by atoms with Crippen LogP contribution < -0.4 is 15.8 Å². The fourth-order valence-electron chi connectivity index (χ4n) is 3.77. The van der Waals surface area contributed by atoms with Gasteiger partial charge in [-0.3, -0.25) is 14.5 Å². The second-order valence-corrected chi connectivity index (χ2v) is 10.7. The van der Waals surface area contributed by atoms with E-state index in [4.69, 9.17) is 5.73 Å². The highest BCUT2D eigenvalue weighted by atomic mass is 32.2. The average Bonchev–Trinajstić information content (AvgIpc) is 3.15. The van der Waals surface area contributed by atoms with Gasteiger partial charge in [0.2, 0.25) is 15.9 Å². The number of hydrogen-bond donors (Lipinski definition) is 3. The molecule has 32 heavy (non-hydrogen) atoms. The van der Waals surface area contributed by atoms with E-state index < -0.39 is 15.6 Å². The molecule has 1 unspecified atom stereocenters. The zero-order valence-electron chi connectivity index (χ0n) is 18.6. The van der Waals surface area contributed by atoms with Gasteiger partial charge in [0, 0.05) is 23.3 Å². The normalized spacial score (nSPS) is 17.3. The summed E-state index contributed by atoms with van der Waals surface area (Å²) in [4.78, 5) is 26.4. The monoisotopic (exact) mass is 458 g/mol. The number of amides is 2. The van der Waals surface area contributed by atoms with Gasteiger partial charge in [-0.15, -0.1) is 0 Å². The van der Waals surface area contributed by atoms with Crippen LogP contribution in [-0.2, 0) is 21.4 Å². The van der Waals surface area contributed by atoms with E-state index in [0.29, 0.717) is 17.8 Å². The molecule has 0 spiro atoms. The highest BCUT2D eigenvalue weighted by Crippen LogP contribution is 2.22. The largest absolute Gasteiger partial charge is 0.368 e. The average molecular weight is 459 g/mol. The second-order valence-electron chi connectivity index (χ2n) is 9.07. The second kappa shape index (κ2) is 9.40. The van der Waals surface area contributed by atoms with Gasteiger partial charge in [-0.05, 0) is 82.1 Å². The predicted octanol–water partition coefficient (Wildman–Crippen LogP) is 2.47. The summed E-state index contributed by atoms with van der Waals surface area (Å²) in [7, 11) is -3.67. The van der Waals surface area contributed by atoms with Crippen molar-refractivity contribution in [2.24, 2.45) is 5.73 Å². The molecule has 0 bridgehead atoms. The number of nitrogens with zero attached hydrogens (tertiary/aromatic N) is 1. The number of sulfonamides is 1. The summed E-state index contributed by atoms with van der Waals surface area (Å²) in [6.07, 6.45) is 1.70. The first kappa shape index (κ1) is 23.9. The Kier molecular flexibility index (Phi) is 7.02.